The Morgan fingerprint density at radius 3 is 2.42 bits per heavy atom. The molecular formula is C14H9NO3S. The zero-order valence-corrected chi connectivity index (χ0v) is 10.6. The van der Waals surface area contributed by atoms with E-state index < -0.39 is 16.2 Å². The lowest BCUT2D eigenvalue weighted by Crippen LogP contribution is -2.01. The standard InChI is InChI=1S/C14H9NO3S/c15-9-10-5-7-11(8-6-10)14-12-3-1-2-4-13(12)19(16,17)18-14/h1-8,14H. The Hall–Kier alpha value is -2.16. The van der Waals surface area contributed by atoms with Crippen molar-refractivity contribution >= 4 is 10.1 Å². The van der Waals surface area contributed by atoms with Crippen LogP contribution in [0.2, 0.25) is 0 Å². The van der Waals surface area contributed by atoms with Gasteiger partial charge in [-0.05, 0) is 23.8 Å². The van der Waals surface area contributed by atoms with E-state index in [1.54, 1.807) is 42.5 Å². The van der Waals surface area contributed by atoms with Gasteiger partial charge in [-0.3, -0.25) is 4.18 Å². The zero-order chi connectivity index (χ0) is 13.5. The van der Waals surface area contributed by atoms with Crippen LogP contribution in [-0.4, -0.2) is 8.42 Å². The second kappa shape index (κ2) is 4.19. The molecule has 1 aliphatic rings. The SMILES string of the molecule is N#Cc1ccc(C2OS(=O)(=O)c3ccccc32)cc1. The van der Waals surface area contributed by atoms with Gasteiger partial charge in [0.25, 0.3) is 10.1 Å². The largest absolute Gasteiger partial charge is 0.298 e. The van der Waals surface area contributed by atoms with E-state index in [0.29, 0.717) is 16.7 Å². The Balaban J connectivity index is 2.11. The van der Waals surface area contributed by atoms with Crippen LogP contribution in [0.15, 0.2) is 53.4 Å². The molecule has 0 saturated heterocycles. The van der Waals surface area contributed by atoms with Crippen molar-refractivity contribution in [3.63, 3.8) is 0 Å². The van der Waals surface area contributed by atoms with Crippen LogP contribution in [0, 0.1) is 11.3 Å². The minimum Gasteiger partial charge on any atom is -0.253 e. The summed E-state index contributed by atoms with van der Waals surface area (Å²) in [6.07, 6.45) is -0.631. The predicted octanol–water partition coefficient (Wildman–Crippen LogP) is 2.37. The number of fused-ring (bicyclic) bond motifs is 1. The van der Waals surface area contributed by atoms with E-state index >= 15 is 0 Å². The lowest BCUT2D eigenvalue weighted by molar-refractivity contribution is 0.272. The first-order chi connectivity index (χ1) is 9.12. The fourth-order valence-electron chi connectivity index (χ4n) is 2.12. The van der Waals surface area contributed by atoms with E-state index in [-0.39, 0.29) is 4.90 Å². The first kappa shape index (κ1) is 11.9. The third kappa shape index (κ3) is 1.91. The molecule has 0 fully saturated rings. The van der Waals surface area contributed by atoms with Crippen molar-refractivity contribution in [1.82, 2.24) is 0 Å². The molecule has 2 aromatic rings. The highest BCUT2D eigenvalue weighted by molar-refractivity contribution is 7.87. The number of rotatable bonds is 1. The maximum atomic E-state index is 11.9. The summed E-state index contributed by atoms with van der Waals surface area (Å²) in [7, 11) is -3.68. The molecule has 0 amide bonds. The minimum atomic E-state index is -3.68. The lowest BCUT2D eigenvalue weighted by Gasteiger charge is -2.09. The average Bonchev–Trinajstić information content (AvgIpc) is 2.72. The fourth-order valence-corrected chi connectivity index (χ4v) is 3.40. The molecule has 0 aromatic heterocycles. The van der Waals surface area contributed by atoms with E-state index in [2.05, 4.69) is 0 Å². The molecule has 5 heteroatoms. The zero-order valence-electron chi connectivity index (χ0n) is 9.78. The van der Waals surface area contributed by atoms with Crippen molar-refractivity contribution in [2.45, 2.75) is 11.0 Å². The monoisotopic (exact) mass is 271 g/mol. The lowest BCUT2D eigenvalue weighted by atomic mass is 10.0. The smallest absolute Gasteiger partial charge is 0.253 e. The van der Waals surface area contributed by atoms with Crippen LogP contribution in [0.4, 0.5) is 0 Å². The predicted molar refractivity (Wildman–Crippen MR) is 67.7 cm³/mol. The van der Waals surface area contributed by atoms with Gasteiger partial charge in [0.2, 0.25) is 0 Å². The van der Waals surface area contributed by atoms with E-state index in [0.717, 1.165) is 0 Å². The molecule has 4 nitrogen and oxygen atoms in total. The van der Waals surface area contributed by atoms with Crippen LogP contribution in [-0.2, 0) is 14.3 Å². The van der Waals surface area contributed by atoms with E-state index in [4.69, 9.17) is 9.44 Å². The van der Waals surface area contributed by atoms with Crippen molar-refractivity contribution in [2.75, 3.05) is 0 Å². The maximum absolute atomic E-state index is 11.9. The molecule has 0 bridgehead atoms. The Bertz CT molecular complexity index is 773. The van der Waals surface area contributed by atoms with Gasteiger partial charge in [-0.1, -0.05) is 30.3 Å². The van der Waals surface area contributed by atoms with Crippen molar-refractivity contribution in [3.8, 4) is 6.07 Å². The first-order valence-electron chi connectivity index (χ1n) is 5.64. The third-order valence-electron chi connectivity index (χ3n) is 3.04. The van der Waals surface area contributed by atoms with Gasteiger partial charge >= 0.3 is 0 Å². The molecule has 1 aliphatic heterocycles. The highest BCUT2D eigenvalue weighted by Crippen LogP contribution is 2.40. The molecule has 0 saturated carbocycles. The molecule has 1 unspecified atom stereocenters. The third-order valence-corrected chi connectivity index (χ3v) is 4.39. The molecular weight excluding hydrogens is 262 g/mol. The number of hydrogen-bond acceptors (Lipinski definition) is 4. The first-order valence-corrected chi connectivity index (χ1v) is 7.05. The molecule has 94 valence electrons. The van der Waals surface area contributed by atoms with Crippen LogP contribution in [0.5, 0.6) is 0 Å². The molecule has 1 heterocycles. The molecule has 0 N–H and O–H groups in total. The molecule has 1 atom stereocenters. The molecule has 0 spiro atoms. The Morgan fingerprint density at radius 2 is 1.74 bits per heavy atom. The van der Waals surface area contributed by atoms with E-state index in [9.17, 15) is 8.42 Å². The van der Waals surface area contributed by atoms with Gasteiger partial charge in [0, 0.05) is 5.56 Å². The van der Waals surface area contributed by atoms with Crippen LogP contribution in [0.1, 0.15) is 22.8 Å². The topological polar surface area (TPSA) is 67.2 Å². The van der Waals surface area contributed by atoms with Gasteiger partial charge in [-0.2, -0.15) is 13.7 Å². The Kier molecular flexibility index (Phi) is 2.63. The quantitative estimate of drug-likeness (QED) is 0.747. The second-order valence-corrected chi connectivity index (χ2v) is 5.74. The summed E-state index contributed by atoms with van der Waals surface area (Å²) in [5.74, 6) is 0. The summed E-state index contributed by atoms with van der Waals surface area (Å²) in [5.41, 5.74) is 1.87. The normalized spacial score (nSPS) is 19.6. The fraction of sp³-hybridized carbons (Fsp3) is 0.0714. The number of nitriles is 1. The van der Waals surface area contributed by atoms with Crippen LogP contribution in [0.25, 0.3) is 0 Å². The van der Waals surface area contributed by atoms with Crippen molar-refractivity contribution in [2.24, 2.45) is 0 Å². The summed E-state index contributed by atoms with van der Waals surface area (Å²) in [6, 6.07) is 15.4. The van der Waals surface area contributed by atoms with Crippen molar-refractivity contribution in [1.29, 1.82) is 5.26 Å². The van der Waals surface area contributed by atoms with Gasteiger partial charge in [0.15, 0.2) is 0 Å². The molecule has 0 radical (unpaired) electrons. The van der Waals surface area contributed by atoms with Crippen molar-refractivity contribution < 1.29 is 12.6 Å². The Morgan fingerprint density at radius 1 is 1.05 bits per heavy atom. The number of hydrogen-bond donors (Lipinski definition) is 0. The van der Waals surface area contributed by atoms with Gasteiger partial charge in [-0.15, -0.1) is 0 Å². The number of benzene rings is 2. The summed E-state index contributed by atoms with van der Waals surface area (Å²) in [5, 5.41) is 8.76. The maximum Gasteiger partial charge on any atom is 0.298 e. The van der Waals surface area contributed by atoms with Gasteiger partial charge in [0.05, 0.1) is 11.6 Å². The minimum absolute atomic E-state index is 0.212. The summed E-state index contributed by atoms with van der Waals surface area (Å²) in [4.78, 5) is 0.212. The van der Waals surface area contributed by atoms with Crippen LogP contribution < -0.4 is 0 Å². The highest BCUT2D eigenvalue weighted by Gasteiger charge is 2.36. The van der Waals surface area contributed by atoms with E-state index in [1.165, 1.54) is 6.07 Å². The summed E-state index contributed by atoms with van der Waals surface area (Å²) in [6.45, 7) is 0. The highest BCUT2D eigenvalue weighted by atomic mass is 32.2. The van der Waals surface area contributed by atoms with Crippen LogP contribution in [0.3, 0.4) is 0 Å². The molecule has 19 heavy (non-hydrogen) atoms. The average molecular weight is 271 g/mol. The summed E-state index contributed by atoms with van der Waals surface area (Å²) < 4.78 is 28.9. The summed E-state index contributed by atoms with van der Waals surface area (Å²) >= 11 is 0. The van der Waals surface area contributed by atoms with Gasteiger partial charge in [0.1, 0.15) is 11.0 Å². The van der Waals surface area contributed by atoms with E-state index in [1.807, 2.05) is 6.07 Å². The molecule has 2 aromatic carbocycles. The second-order valence-electron chi connectivity index (χ2n) is 4.20. The Labute approximate surface area is 111 Å². The van der Waals surface area contributed by atoms with Crippen molar-refractivity contribution in [3.05, 3.63) is 65.2 Å². The number of nitrogens with zero attached hydrogens (tertiary/aromatic N) is 1. The van der Waals surface area contributed by atoms with Gasteiger partial charge in [-0.25, -0.2) is 0 Å². The molecule has 3 rings (SSSR count). The molecule has 0 aliphatic carbocycles. The van der Waals surface area contributed by atoms with Gasteiger partial charge < -0.3 is 0 Å². The van der Waals surface area contributed by atoms with Crippen LogP contribution >= 0.6 is 0 Å².